The number of rotatable bonds is 7. The van der Waals surface area contributed by atoms with Gasteiger partial charge in [-0.05, 0) is 22.8 Å². The van der Waals surface area contributed by atoms with E-state index in [9.17, 15) is 14.4 Å². The molecule has 1 aliphatic carbocycles. The summed E-state index contributed by atoms with van der Waals surface area (Å²) in [5.74, 6) is -0.384. The van der Waals surface area contributed by atoms with E-state index in [1.54, 1.807) is 4.90 Å². The second kappa shape index (κ2) is 8.66. The van der Waals surface area contributed by atoms with E-state index in [-0.39, 0.29) is 35.7 Å². The van der Waals surface area contributed by atoms with Crippen LogP contribution < -0.4 is 5.32 Å². The van der Waals surface area contributed by atoms with Gasteiger partial charge < -0.3 is 19.7 Å². The Bertz CT molecular complexity index is 794. The van der Waals surface area contributed by atoms with E-state index < -0.39 is 24.1 Å². The Morgan fingerprint density at radius 2 is 1.90 bits per heavy atom. The molecule has 0 aromatic heterocycles. The number of nitrogens with one attached hydrogen (secondary N) is 1. The minimum Gasteiger partial charge on any atom is -0.467 e. The van der Waals surface area contributed by atoms with Gasteiger partial charge in [-0.2, -0.15) is 0 Å². The fourth-order valence-corrected chi connectivity index (χ4v) is 4.66. The number of carbonyl (C=O) groups excluding carboxylic acids is 3. The number of hydrogen-bond donors (Lipinski definition) is 1. The summed E-state index contributed by atoms with van der Waals surface area (Å²) in [6.45, 7) is 8.74. The minimum atomic E-state index is -0.758. The smallest absolute Gasteiger partial charge is 0.408 e. The molecule has 2 amide bonds. The van der Waals surface area contributed by atoms with Gasteiger partial charge in [0.2, 0.25) is 5.91 Å². The molecular formula is C23H32N2O5. The first-order valence-electron chi connectivity index (χ1n) is 10.6. The van der Waals surface area contributed by atoms with Crippen molar-refractivity contribution in [2.75, 3.05) is 13.7 Å². The standard InChI is InChI=1S/C23H32N2O5/c1-6-14(2)18(24-22(28)30-13-15-10-8-7-9-11-15)20(26)25-12-16-17(23(16,3)4)19(25)21(27)29-5/h7-11,14,16-19H,6,12-13H2,1-5H3,(H,24,28)/t14-,16-,17-,18-,19-/m0/s1. The Hall–Kier alpha value is -2.57. The summed E-state index contributed by atoms with van der Waals surface area (Å²) in [6, 6.07) is 8.00. The number of hydrogen-bond acceptors (Lipinski definition) is 5. The molecular weight excluding hydrogens is 384 g/mol. The largest absolute Gasteiger partial charge is 0.467 e. The van der Waals surface area contributed by atoms with Gasteiger partial charge in [0.1, 0.15) is 18.7 Å². The quantitative estimate of drug-likeness (QED) is 0.691. The van der Waals surface area contributed by atoms with E-state index in [4.69, 9.17) is 9.47 Å². The molecule has 1 heterocycles. The van der Waals surface area contributed by atoms with Crippen molar-refractivity contribution >= 4 is 18.0 Å². The van der Waals surface area contributed by atoms with Crippen molar-refractivity contribution < 1.29 is 23.9 Å². The van der Waals surface area contributed by atoms with Crippen LogP contribution in [0.5, 0.6) is 0 Å². The highest BCUT2D eigenvalue weighted by Crippen LogP contribution is 2.65. The van der Waals surface area contributed by atoms with Crippen LogP contribution in [0.25, 0.3) is 0 Å². The third kappa shape index (κ3) is 4.16. The molecule has 0 unspecified atom stereocenters. The lowest BCUT2D eigenvalue weighted by Crippen LogP contribution is -2.56. The Kier molecular flexibility index (Phi) is 6.38. The molecule has 1 aromatic rings. The Morgan fingerprint density at radius 3 is 2.50 bits per heavy atom. The summed E-state index contributed by atoms with van der Waals surface area (Å²) in [6.07, 6.45) is 0.0570. The second-order valence-corrected chi connectivity index (χ2v) is 8.98. The zero-order chi connectivity index (χ0) is 22.1. The third-order valence-corrected chi connectivity index (χ3v) is 6.90. The zero-order valence-corrected chi connectivity index (χ0v) is 18.4. The molecule has 0 spiro atoms. The van der Waals surface area contributed by atoms with Crippen molar-refractivity contribution in [3.63, 3.8) is 0 Å². The van der Waals surface area contributed by atoms with Crippen molar-refractivity contribution in [3.8, 4) is 0 Å². The molecule has 0 radical (unpaired) electrons. The molecule has 7 nitrogen and oxygen atoms in total. The molecule has 1 saturated carbocycles. The van der Waals surface area contributed by atoms with Gasteiger partial charge in [-0.3, -0.25) is 4.79 Å². The monoisotopic (exact) mass is 416 g/mol. The average molecular weight is 417 g/mol. The number of amides is 2. The predicted molar refractivity (Wildman–Crippen MR) is 111 cm³/mol. The maximum absolute atomic E-state index is 13.4. The molecule has 1 saturated heterocycles. The van der Waals surface area contributed by atoms with E-state index in [1.165, 1.54) is 7.11 Å². The van der Waals surface area contributed by atoms with Crippen LogP contribution in [0.3, 0.4) is 0 Å². The number of nitrogens with zero attached hydrogens (tertiary/aromatic N) is 1. The Balaban J connectivity index is 1.69. The number of ether oxygens (including phenoxy) is 2. The Labute approximate surface area is 178 Å². The fraction of sp³-hybridized carbons (Fsp3) is 0.609. The third-order valence-electron chi connectivity index (χ3n) is 6.90. The summed E-state index contributed by atoms with van der Waals surface area (Å²) in [7, 11) is 1.35. The minimum absolute atomic E-state index is 0.0174. The van der Waals surface area contributed by atoms with Crippen molar-refractivity contribution in [1.82, 2.24) is 10.2 Å². The molecule has 2 fully saturated rings. The molecule has 1 N–H and O–H groups in total. The Morgan fingerprint density at radius 1 is 1.23 bits per heavy atom. The van der Waals surface area contributed by atoms with Gasteiger partial charge in [-0.1, -0.05) is 64.4 Å². The predicted octanol–water partition coefficient (Wildman–Crippen LogP) is 2.98. The van der Waals surface area contributed by atoms with E-state index in [2.05, 4.69) is 19.2 Å². The van der Waals surface area contributed by atoms with Crippen LogP contribution in [0.15, 0.2) is 30.3 Å². The zero-order valence-electron chi connectivity index (χ0n) is 18.4. The van der Waals surface area contributed by atoms with Gasteiger partial charge in [0.25, 0.3) is 0 Å². The number of benzene rings is 1. The van der Waals surface area contributed by atoms with Gasteiger partial charge in [0.15, 0.2) is 0 Å². The summed E-state index contributed by atoms with van der Waals surface area (Å²) in [5, 5.41) is 2.74. The number of esters is 1. The van der Waals surface area contributed by atoms with Gasteiger partial charge >= 0.3 is 12.1 Å². The number of fused-ring (bicyclic) bond motifs is 1. The van der Waals surface area contributed by atoms with E-state index in [1.807, 2.05) is 44.2 Å². The average Bonchev–Trinajstić information content (AvgIpc) is 3.08. The van der Waals surface area contributed by atoms with Crippen LogP contribution in [0.2, 0.25) is 0 Å². The van der Waals surface area contributed by atoms with Crippen molar-refractivity contribution in [2.24, 2.45) is 23.2 Å². The summed E-state index contributed by atoms with van der Waals surface area (Å²) >= 11 is 0. The van der Waals surface area contributed by atoms with Gasteiger partial charge in [-0.25, -0.2) is 9.59 Å². The lowest BCUT2D eigenvalue weighted by molar-refractivity contribution is -0.154. The number of likely N-dealkylation sites (tertiary alicyclic amines) is 1. The highest BCUT2D eigenvalue weighted by Gasteiger charge is 2.70. The first-order valence-corrected chi connectivity index (χ1v) is 10.6. The van der Waals surface area contributed by atoms with E-state index in [0.29, 0.717) is 13.0 Å². The maximum atomic E-state index is 13.4. The number of piperidine rings is 1. The van der Waals surface area contributed by atoms with Crippen molar-refractivity contribution in [1.29, 1.82) is 0 Å². The van der Waals surface area contributed by atoms with E-state index in [0.717, 1.165) is 5.56 Å². The van der Waals surface area contributed by atoms with Crippen LogP contribution in [0, 0.1) is 23.2 Å². The van der Waals surface area contributed by atoms with Crippen LogP contribution in [-0.2, 0) is 25.7 Å². The SMILES string of the molecule is CC[C@H](C)[C@H](NC(=O)OCc1ccccc1)C(=O)N1C[C@H]2[C@@H]([C@H]1C(=O)OC)C2(C)C. The molecule has 3 rings (SSSR count). The van der Waals surface area contributed by atoms with Gasteiger partial charge in [0.05, 0.1) is 7.11 Å². The first kappa shape index (κ1) is 22.1. The van der Waals surface area contributed by atoms with Crippen LogP contribution >= 0.6 is 0 Å². The molecule has 1 aromatic carbocycles. The normalized spacial score (nSPS) is 25.6. The van der Waals surface area contributed by atoms with Crippen molar-refractivity contribution in [2.45, 2.75) is 52.8 Å². The summed E-state index contributed by atoms with van der Waals surface area (Å²) in [5.41, 5.74) is 0.885. The molecule has 2 aliphatic rings. The molecule has 5 atom stereocenters. The van der Waals surface area contributed by atoms with Gasteiger partial charge in [-0.15, -0.1) is 0 Å². The molecule has 164 valence electrons. The first-order chi connectivity index (χ1) is 14.2. The number of carbonyl (C=O) groups is 3. The van der Waals surface area contributed by atoms with Crippen LogP contribution in [0.1, 0.15) is 39.7 Å². The molecule has 0 bridgehead atoms. The summed E-state index contributed by atoms with van der Waals surface area (Å²) in [4.78, 5) is 39.9. The van der Waals surface area contributed by atoms with Crippen LogP contribution in [0.4, 0.5) is 4.79 Å². The maximum Gasteiger partial charge on any atom is 0.408 e. The van der Waals surface area contributed by atoms with Crippen LogP contribution in [-0.4, -0.2) is 48.6 Å². The van der Waals surface area contributed by atoms with Gasteiger partial charge in [0, 0.05) is 12.5 Å². The number of methoxy groups -OCH3 is 1. The lowest BCUT2D eigenvalue weighted by atomic mass is 9.95. The molecule has 1 aliphatic heterocycles. The fourth-order valence-electron chi connectivity index (χ4n) is 4.66. The summed E-state index contributed by atoms with van der Waals surface area (Å²) < 4.78 is 10.3. The highest BCUT2D eigenvalue weighted by atomic mass is 16.5. The molecule has 30 heavy (non-hydrogen) atoms. The highest BCUT2D eigenvalue weighted by molar-refractivity contribution is 5.91. The topological polar surface area (TPSA) is 84.9 Å². The number of alkyl carbamates (subject to hydrolysis) is 1. The second-order valence-electron chi connectivity index (χ2n) is 8.98. The molecule has 7 heteroatoms. The lowest BCUT2D eigenvalue weighted by Gasteiger charge is -2.33. The van der Waals surface area contributed by atoms with Crippen molar-refractivity contribution in [3.05, 3.63) is 35.9 Å². The van der Waals surface area contributed by atoms with E-state index >= 15 is 0 Å².